The Labute approximate surface area is 99.1 Å². The van der Waals surface area contributed by atoms with Crippen LogP contribution in [0, 0.1) is 0 Å². The van der Waals surface area contributed by atoms with E-state index in [1.54, 1.807) is 7.05 Å². The average molecular weight is 259 g/mol. The van der Waals surface area contributed by atoms with Crippen LogP contribution in [0.1, 0.15) is 11.3 Å². The lowest BCUT2D eigenvalue weighted by Crippen LogP contribution is -2.07. The van der Waals surface area contributed by atoms with Crippen molar-refractivity contribution < 1.29 is 18.3 Å². The predicted molar refractivity (Wildman–Crippen MR) is 53.0 cm³/mol. The monoisotopic (exact) mass is 259 g/mol. The summed E-state index contributed by atoms with van der Waals surface area (Å²) in [5.41, 5.74) is -0.454. The molecule has 0 saturated heterocycles. The highest BCUT2D eigenvalue weighted by molar-refractivity contribution is 5.51. The van der Waals surface area contributed by atoms with E-state index in [4.69, 9.17) is 5.11 Å². The van der Waals surface area contributed by atoms with Crippen LogP contribution in [0.25, 0.3) is 11.5 Å². The van der Waals surface area contributed by atoms with Gasteiger partial charge in [-0.1, -0.05) is 5.21 Å². The van der Waals surface area contributed by atoms with Crippen LogP contribution in [-0.2, 0) is 19.8 Å². The molecule has 2 aromatic heterocycles. The molecule has 0 aliphatic carbocycles. The van der Waals surface area contributed by atoms with Gasteiger partial charge in [0, 0.05) is 19.4 Å². The maximum absolute atomic E-state index is 12.3. The molecule has 0 radical (unpaired) electrons. The van der Waals surface area contributed by atoms with Gasteiger partial charge in [-0.2, -0.15) is 13.2 Å². The summed E-state index contributed by atoms with van der Waals surface area (Å²) in [5, 5.41) is 16.4. The zero-order chi connectivity index (χ0) is 13.3. The lowest BCUT2D eigenvalue weighted by molar-refractivity contribution is -0.138. The number of aliphatic hydroxyl groups excluding tert-OH is 1. The molecule has 0 aliphatic rings. The second-order valence-corrected chi connectivity index (χ2v) is 3.46. The molecular weight excluding hydrogens is 251 g/mol. The van der Waals surface area contributed by atoms with Crippen molar-refractivity contribution in [2.24, 2.45) is 7.05 Å². The molecular formula is C9H8F3N5O. The van der Waals surface area contributed by atoms with Crippen LogP contribution in [0.5, 0.6) is 0 Å². The van der Waals surface area contributed by atoms with Crippen molar-refractivity contribution in [3.05, 3.63) is 23.7 Å². The lowest BCUT2D eigenvalue weighted by Gasteiger charge is -2.05. The SMILES string of the molecule is Cn1nnc(-c2ncc(C(F)(F)F)cn2)c1CO. The van der Waals surface area contributed by atoms with E-state index in [9.17, 15) is 13.2 Å². The third-order valence-electron chi connectivity index (χ3n) is 2.28. The Morgan fingerprint density at radius 1 is 1.28 bits per heavy atom. The summed E-state index contributed by atoms with van der Waals surface area (Å²) in [4.78, 5) is 7.16. The summed E-state index contributed by atoms with van der Waals surface area (Å²) in [7, 11) is 1.55. The van der Waals surface area contributed by atoms with E-state index in [0.29, 0.717) is 18.1 Å². The van der Waals surface area contributed by atoms with Crippen LogP contribution >= 0.6 is 0 Å². The van der Waals surface area contributed by atoms with Gasteiger partial charge in [-0.3, -0.25) is 0 Å². The largest absolute Gasteiger partial charge is 0.419 e. The fourth-order valence-electron chi connectivity index (χ4n) is 1.32. The van der Waals surface area contributed by atoms with Crippen LogP contribution in [0.2, 0.25) is 0 Å². The zero-order valence-electron chi connectivity index (χ0n) is 9.18. The number of aliphatic hydroxyl groups is 1. The smallest absolute Gasteiger partial charge is 0.390 e. The number of halogens is 3. The second-order valence-electron chi connectivity index (χ2n) is 3.46. The lowest BCUT2D eigenvalue weighted by atomic mass is 10.3. The highest BCUT2D eigenvalue weighted by atomic mass is 19.4. The minimum atomic E-state index is -4.49. The van der Waals surface area contributed by atoms with Crippen molar-refractivity contribution in [2.45, 2.75) is 12.8 Å². The molecule has 0 fully saturated rings. The van der Waals surface area contributed by atoms with Crippen molar-refractivity contribution in [1.82, 2.24) is 25.0 Å². The molecule has 9 heteroatoms. The van der Waals surface area contributed by atoms with Gasteiger partial charge in [-0.25, -0.2) is 14.6 Å². The van der Waals surface area contributed by atoms with Crippen molar-refractivity contribution >= 4 is 0 Å². The fraction of sp³-hybridized carbons (Fsp3) is 0.333. The summed E-state index contributed by atoms with van der Waals surface area (Å²) in [6.45, 7) is -0.358. The molecule has 0 unspecified atom stereocenters. The molecule has 2 rings (SSSR count). The minimum Gasteiger partial charge on any atom is -0.390 e. The number of aryl methyl sites for hydroxylation is 1. The van der Waals surface area contributed by atoms with Gasteiger partial charge in [0.15, 0.2) is 11.5 Å². The van der Waals surface area contributed by atoms with Crippen molar-refractivity contribution in [2.75, 3.05) is 0 Å². The molecule has 0 aliphatic heterocycles. The Hall–Kier alpha value is -2.03. The Balaban J connectivity index is 2.40. The first-order valence-corrected chi connectivity index (χ1v) is 4.82. The summed E-state index contributed by atoms with van der Waals surface area (Å²) < 4.78 is 38.3. The van der Waals surface area contributed by atoms with Crippen LogP contribution < -0.4 is 0 Å². The maximum atomic E-state index is 12.3. The molecule has 0 atom stereocenters. The Kier molecular flexibility index (Phi) is 2.99. The number of alkyl halides is 3. The molecule has 96 valence electrons. The van der Waals surface area contributed by atoms with E-state index in [2.05, 4.69) is 20.3 Å². The van der Waals surface area contributed by atoms with Crippen LogP contribution in [0.3, 0.4) is 0 Å². The molecule has 1 N–H and O–H groups in total. The third kappa shape index (κ3) is 2.16. The Morgan fingerprint density at radius 3 is 2.39 bits per heavy atom. The molecule has 6 nitrogen and oxygen atoms in total. The third-order valence-corrected chi connectivity index (χ3v) is 2.28. The highest BCUT2D eigenvalue weighted by Gasteiger charge is 2.31. The van der Waals surface area contributed by atoms with Gasteiger partial charge in [0.2, 0.25) is 0 Å². The predicted octanol–water partition coefficient (Wildman–Crippen LogP) is 0.783. The summed E-state index contributed by atoms with van der Waals surface area (Å²) in [6.07, 6.45) is -3.16. The number of hydrogen-bond donors (Lipinski definition) is 1. The van der Waals surface area contributed by atoms with Crippen LogP contribution in [0.15, 0.2) is 12.4 Å². The number of hydrogen-bond acceptors (Lipinski definition) is 5. The van der Waals surface area contributed by atoms with E-state index in [-0.39, 0.29) is 18.1 Å². The second kappa shape index (κ2) is 4.33. The van der Waals surface area contributed by atoms with Crippen LogP contribution in [0.4, 0.5) is 13.2 Å². The fourth-order valence-corrected chi connectivity index (χ4v) is 1.32. The normalized spacial score (nSPS) is 11.8. The molecule has 2 heterocycles. The van der Waals surface area contributed by atoms with Gasteiger partial charge in [0.25, 0.3) is 0 Å². The van der Waals surface area contributed by atoms with Gasteiger partial charge in [0.05, 0.1) is 17.9 Å². The first-order chi connectivity index (χ1) is 8.43. The number of rotatable bonds is 2. The van der Waals surface area contributed by atoms with Crippen molar-refractivity contribution in [1.29, 1.82) is 0 Å². The summed E-state index contributed by atoms with van der Waals surface area (Å²) >= 11 is 0. The standard InChI is InChI=1S/C9H8F3N5O/c1-17-6(4-18)7(15-16-17)8-13-2-5(3-14-8)9(10,11)12/h2-3,18H,4H2,1H3. The quantitative estimate of drug-likeness (QED) is 0.862. The Bertz CT molecular complexity index is 548. The topological polar surface area (TPSA) is 76.7 Å². The summed E-state index contributed by atoms with van der Waals surface area (Å²) in [6, 6.07) is 0. The minimum absolute atomic E-state index is 0.0137. The van der Waals surface area contributed by atoms with E-state index >= 15 is 0 Å². The van der Waals surface area contributed by atoms with Crippen molar-refractivity contribution in [3.63, 3.8) is 0 Å². The van der Waals surface area contributed by atoms with E-state index in [1.807, 2.05) is 0 Å². The number of nitrogens with zero attached hydrogens (tertiary/aromatic N) is 5. The Morgan fingerprint density at radius 2 is 1.89 bits per heavy atom. The first kappa shape index (κ1) is 12.4. The average Bonchev–Trinajstić information content (AvgIpc) is 2.69. The van der Waals surface area contributed by atoms with Gasteiger partial charge in [-0.15, -0.1) is 5.10 Å². The number of aromatic nitrogens is 5. The highest BCUT2D eigenvalue weighted by Crippen LogP contribution is 2.28. The van der Waals surface area contributed by atoms with E-state index in [1.165, 1.54) is 4.68 Å². The molecule has 0 amide bonds. The summed E-state index contributed by atoms with van der Waals surface area (Å²) in [5.74, 6) is -0.0137. The maximum Gasteiger partial charge on any atom is 0.419 e. The van der Waals surface area contributed by atoms with Crippen molar-refractivity contribution in [3.8, 4) is 11.5 Å². The van der Waals surface area contributed by atoms with Gasteiger partial charge < -0.3 is 5.11 Å². The van der Waals surface area contributed by atoms with Gasteiger partial charge in [-0.05, 0) is 0 Å². The molecule has 0 saturated carbocycles. The van der Waals surface area contributed by atoms with Crippen LogP contribution in [-0.4, -0.2) is 30.1 Å². The van der Waals surface area contributed by atoms with Gasteiger partial charge >= 0.3 is 6.18 Å². The zero-order valence-corrected chi connectivity index (χ0v) is 9.18. The molecule has 0 spiro atoms. The van der Waals surface area contributed by atoms with E-state index in [0.717, 1.165) is 0 Å². The molecule has 0 aromatic carbocycles. The van der Waals surface area contributed by atoms with Gasteiger partial charge in [0.1, 0.15) is 0 Å². The molecule has 18 heavy (non-hydrogen) atoms. The molecule has 0 bridgehead atoms. The first-order valence-electron chi connectivity index (χ1n) is 4.82. The van der Waals surface area contributed by atoms with E-state index < -0.39 is 11.7 Å². The molecule has 2 aromatic rings.